The van der Waals surface area contributed by atoms with Crippen LogP contribution in [-0.4, -0.2) is 20.9 Å². The number of benzene rings is 2. The van der Waals surface area contributed by atoms with Gasteiger partial charge in [-0.05, 0) is 35.4 Å². The average molecular weight is 347 g/mol. The number of aromatic carboxylic acids is 1. The van der Waals surface area contributed by atoms with E-state index >= 15 is 0 Å². The van der Waals surface area contributed by atoms with Crippen molar-refractivity contribution in [2.75, 3.05) is 0 Å². The zero-order chi connectivity index (χ0) is 16.4. The molecule has 0 unspecified atom stereocenters. The minimum absolute atomic E-state index is 0.0120. The van der Waals surface area contributed by atoms with Crippen LogP contribution in [0.3, 0.4) is 0 Å². The predicted molar refractivity (Wildman–Crippen MR) is 90.2 cm³/mol. The van der Waals surface area contributed by atoms with E-state index in [1.807, 2.05) is 30.3 Å². The number of rotatable bonds is 4. The molecule has 1 N–H and O–H groups in total. The van der Waals surface area contributed by atoms with E-state index in [9.17, 15) is 9.90 Å². The van der Waals surface area contributed by atoms with Gasteiger partial charge in [0.1, 0.15) is 0 Å². The van der Waals surface area contributed by atoms with E-state index < -0.39 is 5.97 Å². The first kappa shape index (κ1) is 15.6. The molecular weight excluding hydrogens is 335 g/mol. The number of aromatic nitrogens is 2. The van der Waals surface area contributed by atoms with Crippen LogP contribution in [0.4, 0.5) is 0 Å². The Morgan fingerprint density at radius 2 is 1.83 bits per heavy atom. The van der Waals surface area contributed by atoms with E-state index in [2.05, 4.69) is 5.10 Å². The van der Waals surface area contributed by atoms with Gasteiger partial charge >= 0.3 is 5.97 Å². The van der Waals surface area contributed by atoms with Gasteiger partial charge in [-0.25, -0.2) is 4.79 Å². The van der Waals surface area contributed by atoms with Crippen molar-refractivity contribution in [1.82, 2.24) is 9.78 Å². The molecule has 2 aromatic carbocycles. The molecule has 0 radical (unpaired) electrons. The molecule has 3 aromatic rings. The van der Waals surface area contributed by atoms with Crippen LogP contribution in [-0.2, 0) is 6.54 Å². The Labute approximate surface area is 142 Å². The van der Waals surface area contributed by atoms with E-state index in [1.165, 1.54) is 0 Å². The van der Waals surface area contributed by atoms with E-state index in [0.29, 0.717) is 22.3 Å². The summed E-state index contributed by atoms with van der Waals surface area (Å²) >= 11 is 12.2. The minimum atomic E-state index is -1.07. The second-order valence-corrected chi connectivity index (χ2v) is 5.82. The van der Waals surface area contributed by atoms with Crippen LogP contribution in [0.5, 0.6) is 0 Å². The van der Waals surface area contributed by atoms with Crippen LogP contribution in [0, 0.1) is 0 Å². The molecule has 4 nitrogen and oxygen atoms in total. The fourth-order valence-electron chi connectivity index (χ4n) is 2.31. The lowest BCUT2D eigenvalue weighted by molar-refractivity contribution is 0.0689. The quantitative estimate of drug-likeness (QED) is 0.750. The first-order valence-corrected chi connectivity index (χ1v) is 7.60. The summed E-state index contributed by atoms with van der Waals surface area (Å²) in [5.41, 5.74) is 2.35. The highest BCUT2D eigenvalue weighted by Gasteiger charge is 2.15. The Morgan fingerprint density at radius 3 is 2.52 bits per heavy atom. The third-order valence-electron chi connectivity index (χ3n) is 3.40. The van der Waals surface area contributed by atoms with Crippen LogP contribution >= 0.6 is 23.2 Å². The monoisotopic (exact) mass is 346 g/mol. The molecule has 0 atom stereocenters. The highest BCUT2D eigenvalue weighted by atomic mass is 35.5. The van der Waals surface area contributed by atoms with Crippen molar-refractivity contribution in [3.63, 3.8) is 0 Å². The van der Waals surface area contributed by atoms with Gasteiger partial charge in [0.15, 0.2) is 5.69 Å². The summed E-state index contributed by atoms with van der Waals surface area (Å²) in [6.45, 7) is 0.330. The molecule has 3 rings (SSSR count). The molecule has 23 heavy (non-hydrogen) atoms. The lowest BCUT2D eigenvalue weighted by Crippen LogP contribution is -2.06. The van der Waals surface area contributed by atoms with E-state index in [-0.39, 0.29) is 5.69 Å². The molecule has 116 valence electrons. The van der Waals surface area contributed by atoms with Crippen molar-refractivity contribution in [2.45, 2.75) is 6.54 Å². The normalized spacial score (nSPS) is 10.7. The molecule has 0 spiro atoms. The maximum atomic E-state index is 11.2. The number of carboxylic acids is 1. The summed E-state index contributed by atoms with van der Waals surface area (Å²) in [5.74, 6) is -1.07. The molecule has 0 aliphatic carbocycles. The number of carboxylic acid groups (broad SMARTS) is 1. The van der Waals surface area contributed by atoms with Crippen LogP contribution in [0.2, 0.25) is 10.0 Å². The van der Waals surface area contributed by atoms with Gasteiger partial charge in [0.25, 0.3) is 0 Å². The number of carbonyl (C=O) groups is 1. The fourth-order valence-corrected chi connectivity index (χ4v) is 2.68. The molecular formula is C17H12Cl2N2O2. The summed E-state index contributed by atoms with van der Waals surface area (Å²) in [7, 11) is 0. The molecule has 0 amide bonds. The van der Waals surface area contributed by atoms with Crippen molar-refractivity contribution in [3.8, 4) is 11.3 Å². The Hall–Kier alpha value is -2.30. The highest BCUT2D eigenvalue weighted by Crippen LogP contribution is 2.25. The molecule has 0 bridgehead atoms. The van der Waals surface area contributed by atoms with Crippen LogP contribution in [0.25, 0.3) is 11.3 Å². The number of halogens is 2. The van der Waals surface area contributed by atoms with E-state index in [1.54, 1.807) is 28.9 Å². The zero-order valence-electron chi connectivity index (χ0n) is 11.9. The Kier molecular flexibility index (Phi) is 4.37. The lowest BCUT2D eigenvalue weighted by Gasteiger charge is -2.09. The minimum Gasteiger partial charge on any atom is -0.476 e. The van der Waals surface area contributed by atoms with Gasteiger partial charge in [0.2, 0.25) is 0 Å². The topological polar surface area (TPSA) is 55.1 Å². The molecule has 0 fully saturated rings. The molecule has 0 aliphatic rings. The number of hydrogen-bond donors (Lipinski definition) is 1. The SMILES string of the molecule is O=C(O)c1cc(-c2ccccc2)n(Cc2cc(Cl)ccc2Cl)n1. The number of nitrogens with zero attached hydrogens (tertiary/aromatic N) is 2. The Morgan fingerprint density at radius 1 is 1.09 bits per heavy atom. The first-order valence-electron chi connectivity index (χ1n) is 6.85. The molecule has 6 heteroatoms. The van der Waals surface area contributed by atoms with Crippen molar-refractivity contribution >= 4 is 29.2 Å². The lowest BCUT2D eigenvalue weighted by atomic mass is 10.1. The Bertz CT molecular complexity index is 860. The van der Waals surface area contributed by atoms with Gasteiger partial charge < -0.3 is 5.11 Å². The van der Waals surface area contributed by atoms with Crippen molar-refractivity contribution in [1.29, 1.82) is 0 Å². The molecule has 1 aromatic heterocycles. The van der Waals surface area contributed by atoms with Gasteiger partial charge in [0, 0.05) is 10.0 Å². The summed E-state index contributed by atoms with van der Waals surface area (Å²) in [6.07, 6.45) is 0. The Balaban J connectivity index is 2.07. The van der Waals surface area contributed by atoms with E-state index in [4.69, 9.17) is 23.2 Å². The molecule has 0 saturated carbocycles. The zero-order valence-corrected chi connectivity index (χ0v) is 13.4. The molecule has 1 heterocycles. The van der Waals surface area contributed by atoms with Gasteiger partial charge in [-0.1, -0.05) is 53.5 Å². The first-order chi connectivity index (χ1) is 11.0. The second kappa shape index (κ2) is 6.44. The van der Waals surface area contributed by atoms with Crippen molar-refractivity contribution < 1.29 is 9.90 Å². The summed E-state index contributed by atoms with van der Waals surface area (Å²) in [6, 6.07) is 16.2. The van der Waals surface area contributed by atoms with Crippen LogP contribution < -0.4 is 0 Å². The maximum Gasteiger partial charge on any atom is 0.356 e. The van der Waals surface area contributed by atoms with Crippen molar-refractivity contribution in [3.05, 3.63) is 75.9 Å². The van der Waals surface area contributed by atoms with Gasteiger partial charge in [-0.2, -0.15) is 5.10 Å². The van der Waals surface area contributed by atoms with Crippen LogP contribution in [0.15, 0.2) is 54.6 Å². The predicted octanol–water partition coefficient (Wildman–Crippen LogP) is 4.60. The van der Waals surface area contributed by atoms with Crippen LogP contribution in [0.1, 0.15) is 16.1 Å². The van der Waals surface area contributed by atoms with Gasteiger partial charge in [-0.15, -0.1) is 0 Å². The summed E-state index contributed by atoms with van der Waals surface area (Å²) in [4.78, 5) is 11.2. The van der Waals surface area contributed by atoms with Crippen molar-refractivity contribution in [2.24, 2.45) is 0 Å². The number of hydrogen-bond acceptors (Lipinski definition) is 2. The fraction of sp³-hybridized carbons (Fsp3) is 0.0588. The second-order valence-electron chi connectivity index (χ2n) is 4.98. The van der Waals surface area contributed by atoms with Gasteiger partial charge in [0.05, 0.1) is 12.2 Å². The molecule has 0 aliphatic heterocycles. The smallest absolute Gasteiger partial charge is 0.356 e. The van der Waals surface area contributed by atoms with Gasteiger partial charge in [-0.3, -0.25) is 4.68 Å². The summed E-state index contributed by atoms with van der Waals surface area (Å²) < 4.78 is 1.62. The van der Waals surface area contributed by atoms with E-state index in [0.717, 1.165) is 11.1 Å². The maximum absolute atomic E-state index is 11.2. The third kappa shape index (κ3) is 3.38. The highest BCUT2D eigenvalue weighted by molar-refractivity contribution is 6.33. The third-order valence-corrected chi connectivity index (χ3v) is 4.00. The summed E-state index contributed by atoms with van der Waals surface area (Å²) in [5, 5.41) is 14.5. The standard InChI is InChI=1S/C17H12Cl2N2O2/c18-13-6-7-14(19)12(8-13)10-21-16(9-15(20-21)17(22)23)11-4-2-1-3-5-11/h1-9H,10H2,(H,22,23). The largest absolute Gasteiger partial charge is 0.476 e. The average Bonchev–Trinajstić information content (AvgIpc) is 2.96. The molecule has 0 saturated heterocycles.